The first kappa shape index (κ1) is 11.7. The number of imidazole rings is 2. The Morgan fingerprint density at radius 3 is 2.76 bits per heavy atom. The van der Waals surface area contributed by atoms with Gasteiger partial charge >= 0.3 is 0 Å². The lowest BCUT2D eigenvalue weighted by Crippen LogP contribution is -2.10. The van der Waals surface area contributed by atoms with E-state index in [4.69, 9.17) is 0 Å². The number of nitrogens with zero attached hydrogens (tertiary/aromatic N) is 4. The highest BCUT2D eigenvalue weighted by Gasteiger charge is 2.03. The van der Waals surface area contributed by atoms with Gasteiger partial charge in [-0.05, 0) is 6.42 Å². The van der Waals surface area contributed by atoms with Crippen LogP contribution in [0.15, 0.2) is 24.8 Å². The molecule has 92 valence electrons. The number of nitrogens with one attached hydrogen (secondary N) is 1. The van der Waals surface area contributed by atoms with Gasteiger partial charge in [-0.15, -0.1) is 0 Å². The number of hydrogen-bond acceptors (Lipinski definition) is 3. The van der Waals surface area contributed by atoms with Crippen molar-refractivity contribution in [3.8, 4) is 0 Å². The highest BCUT2D eigenvalue weighted by molar-refractivity contribution is 5.25. The van der Waals surface area contributed by atoms with Crippen LogP contribution in [0.2, 0.25) is 0 Å². The topological polar surface area (TPSA) is 47.7 Å². The highest BCUT2D eigenvalue weighted by Crippen LogP contribution is 2.06. The molecular formula is C12H19N5. The molecule has 0 atom stereocenters. The maximum absolute atomic E-state index is 4.32. The van der Waals surface area contributed by atoms with Crippen molar-refractivity contribution in [2.45, 2.75) is 26.3 Å². The van der Waals surface area contributed by atoms with E-state index in [1.807, 2.05) is 31.8 Å². The van der Waals surface area contributed by atoms with E-state index >= 15 is 0 Å². The van der Waals surface area contributed by atoms with Crippen LogP contribution in [0.3, 0.4) is 0 Å². The zero-order chi connectivity index (χ0) is 12.1. The van der Waals surface area contributed by atoms with Crippen LogP contribution in [-0.2, 0) is 20.0 Å². The molecule has 5 nitrogen and oxygen atoms in total. The molecule has 2 heterocycles. The van der Waals surface area contributed by atoms with Crippen molar-refractivity contribution in [2.75, 3.05) is 11.9 Å². The normalized spacial score (nSPS) is 10.7. The van der Waals surface area contributed by atoms with Crippen LogP contribution in [0.4, 0.5) is 5.95 Å². The average Bonchev–Trinajstić information content (AvgIpc) is 2.93. The molecular weight excluding hydrogens is 214 g/mol. The van der Waals surface area contributed by atoms with E-state index < -0.39 is 0 Å². The van der Waals surface area contributed by atoms with Gasteiger partial charge in [-0.3, -0.25) is 0 Å². The third-order valence-electron chi connectivity index (χ3n) is 2.75. The Kier molecular flexibility index (Phi) is 3.80. The zero-order valence-corrected chi connectivity index (χ0v) is 10.4. The van der Waals surface area contributed by atoms with Crippen molar-refractivity contribution >= 4 is 5.95 Å². The SMILES string of the molecule is CCCNc1nccn1CCc1nccn1C. The summed E-state index contributed by atoms with van der Waals surface area (Å²) in [6.07, 6.45) is 9.66. The predicted molar refractivity (Wildman–Crippen MR) is 67.9 cm³/mol. The fraction of sp³-hybridized carbons (Fsp3) is 0.500. The van der Waals surface area contributed by atoms with E-state index in [-0.39, 0.29) is 0 Å². The molecule has 0 saturated carbocycles. The fourth-order valence-electron chi connectivity index (χ4n) is 1.75. The predicted octanol–water partition coefficient (Wildman–Crippen LogP) is 1.68. The lowest BCUT2D eigenvalue weighted by molar-refractivity contribution is 0.653. The van der Waals surface area contributed by atoms with Gasteiger partial charge in [-0.1, -0.05) is 6.92 Å². The second kappa shape index (κ2) is 5.52. The quantitative estimate of drug-likeness (QED) is 0.825. The van der Waals surface area contributed by atoms with E-state index in [0.717, 1.165) is 37.7 Å². The largest absolute Gasteiger partial charge is 0.356 e. The van der Waals surface area contributed by atoms with Gasteiger partial charge < -0.3 is 14.5 Å². The van der Waals surface area contributed by atoms with Crippen molar-refractivity contribution in [3.05, 3.63) is 30.6 Å². The molecule has 5 heteroatoms. The lowest BCUT2D eigenvalue weighted by atomic mass is 10.4. The minimum atomic E-state index is 0.900. The summed E-state index contributed by atoms with van der Waals surface area (Å²) in [5.41, 5.74) is 0. The summed E-state index contributed by atoms with van der Waals surface area (Å²) in [5.74, 6) is 2.04. The minimum absolute atomic E-state index is 0.900. The molecule has 2 rings (SSSR count). The maximum Gasteiger partial charge on any atom is 0.202 e. The second-order valence-electron chi connectivity index (χ2n) is 4.08. The van der Waals surface area contributed by atoms with Crippen molar-refractivity contribution in [2.24, 2.45) is 7.05 Å². The summed E-state index contributed by atoms with van der Waals surface area (Å²) in [7, 11) is 2.02. The molecule has 0 aromatic carbocycles. The highest BCUT2D eigenvalue weighted by atomic mass is 15.2. The van der Waals surface area contributed by atoms with Crippen LogP contribution in [0, 0.1) is 0 Å². The molecule has 0 unspecified atom stereocenters. The number of anilines is 1. The monoisotopic (exact) mass is 233 g/mol. The molecule has 0 saturated heterocycles. The first-order valence-electron chi connectivity index (χ1n) is 6.02. The Labute approximate surface area is 102 Å². The average molecular weight is 233 g/mol. The van der Waals surface area contributed by atoms with E-state index in [2.05, 4.69) is 31.3 Å². The number of hydrogen-bond donors (Lipinski definition) is 1. The molecule has 0 fully saturated rings. The number of aromatic nitrogens is 4. The summed E-state index contributed by atoms with van der Waals surface area (Å²) in [6.45, 7) is 4.00. The van der Waals surface area contributed by atoms with Crippen molar-refractivity contribution < 1.29 is 0 Å². The van der Waals surface area contributed by atoms with Crippen LogP contribution in [-0.4, -0.2) is 25.6 Å². The summed E-state index contributed by atoms with van der Waals surface area (Å²) < 4.78 is 4.18. The molecule has 1 N–H and O–H groups in total. The molecule has 0 aliphatic carbocycles. The van der Waals surface area contributed by atoms with E-state index in [9.17, 15) is 0 Å². The molecule has 0 amide bonds. The third-order valence-corrected chi connectivity index (χ3v) is 2.75. The molecule has 2 aromatic rings. The van der Waals surface area contributed by atoms with Gasteiger partial charge in [0.05, 0.1) is 0 Å². The van der Waals surface area contributed by atoms with E-state index in [1.54, 1.807) is 0 Å². The Hall–Kier alpha value is -1.78. The minimum Gasteiger partial charge on any atom is -0.356 e. The van der Waals surface area contributed by atoms with Crippen molar-refractivity contribution in [1.29, 1.82) is 0 Å². The third kappa shape index (κ3) is 2.87. The fourth-order valence-corrected chi connectivity index (χ4v) is 1.75. The second-order valence-corrected chi connectivity index (χ2v) is 4.08. The van der Waals surface area contributed by atoms with Crippen LogP contribution < -0.4 is 5.32 Å². The van der Waals surface area contributed by atoms with Crippen LogP contribution in [0.25, 0.3) is 0 Å². The molecule has 0 radical (unpaired) electrons. The van der Waals surface area contributed by atoms with Gasteiger partial charge in [0.25, 0.3) is 0 Å². The lowest BCUT2D eigenvalue weighted by Gasteiger charge is -2.08. The Bertz CT molecular complexity index is 457. The molecule has 17 heavy (non-hydrogen) atoms. The van der Waals surface area contributed by atoms with E-state index in [1.165, 1.54) is 0 Å². The van der Waals surface area contributed by atoms with Gasteiger partial charge in [-0.2, -0.15) is 0 Å². The Balaban J connectivity index is 1.95. The zero-order valence-electron chi connectivity index (χ0n) is 10.4. The van der Waals surface area contributed by atoms with Gasteiger partial charge in [0.15, 0.2) is 0 Å². The van der Waals surface area contributed by atoms with Gasteiger partial charge in [0.1, 0.15) is 5.82 Å². The van der Waals surface area contributed by atoms with Crippen molar-refractivity contribution in [1.82, 2.24) is 19.1 Å². The van der Waals surface area contributed by atoms with Crippen molar-refractivity contribution in [3.63, 3.8) is 0 Å². The summed E-state index contributed by atoms with van der Waals surface area (Å²) in [5, 5.41) is 3.31. The van der Waals surface area contributed by atoms with Gasteiger partial charge in [-0.25, -0.2) is 9.97 Å². The first-order chi connectivity index (χ1) is 8.31. The van der Waals surface area contributed by atoms with Crippen LogP contribution in [0.5, 0.6) is 0 Å². The molecule has 2 aromatic heterocycles. The molecule has 0 aliphatic rings. The first-order valence-corrected chi connectivity index (χ1v) is 6.02. The summed E-state index contributed by atoms with van der Waals surface area (Å²) in [4.78, 5) is 8.62. The van der Waals surface area contributed by atoms with Crippen LogP contribution in [0.1, 0.15) is 19.2 Å². The van der Waals surface area contributed by atoms with Crippen LogP contribution >= 0.6 is 0 Å². The smallest absolute Gasteiger partial charge is 0.202 e. The summed E-state index contributed by atoms with van der Waals surface area (Å²) in [6, 6.07) is 0. The maximum atomic E-state index is 4.32. The number of aryl methyl sites for hydroxylation is 3. The molecule has 0 spiro atoms. The number of rotatable bonds is 6. The Morgan fingerprint density at radius 2 is 2.06 bits per heavy atom. The Morgan fingerprint density at radius 1 is 1.24 bits per heavy atom. The van der Waals surface area contributed by atoms with E-state index in [0.29, 0.717) is 0 Å². The molecule has 0 bridgehead atoms. The standard InChI is InChI=1S/C12H19N5/c1-3-5-14-12-15-7-10-17(12)8-4-11-13-6-9-16(11)2/h6-7,9-10H,3-5,8H2,1-2H3,(H,14,15). The van der Waals surface area contributed by atoms with Gasteiger partial charge in [0.2, 0.25) is 5.95 Å². The summed E-state index contributed by atoms with van der Waals surface area (Å²) >= 11 is 0. The molecule has 0 aliphatic heterocycles. The van der Waals surface area contributed by atoms with Gasteiger partial charge in [0, 0.05) is 51.3 Å².